The van der Waals surface area contributed by atoms with Crippen LogP contribution in [0.4, 0.5) is 0 Å². The minimum Gasteiger partial charge on any atom is -0.346 e. The summed E-state index contributed by atoms with van der Waals surface area (Å²) < 4.78 is 26.6. The zero-order valence-electron chi connectivity index (χ0n) is 16.0. The van der Waals surface area contributed by atoms with Crippen LogP contribution in [0.15, 0.2) is 47.4 Å². The van der Waals surface area contributed by atoms with Crippen molar-refractivity contribution in [3.8, 4) is 0 Å². The fourth-order valence-electron chi connectivity index (χ4n) is 3.53. The van der Waals surface area contributed by atoms with Crippen LogP contribution < -0.4 is 5.32 Å². The molecule has 0 aliphatic carbocycles. The molecule has 1 heterocycles. The Morgan fingerprint density at radius 3 is 2.26 bits per heavy atom. The molecule has 6 heteroatoms. The summed E-state index contributed by atoms with van der Waals surface area (Å²) in [6.07, 6.45) is 1.80. The van der Waals surface area contributed by atoms with Crippen molar-refractivity contribution in [2.45, 2.75) is 44.6 Å². The van der Waals surface area contributed by atoms with Gasteiger partial charge in [-0.2, -0.15) is 4.31 Å². The van der Waals surface area contributed by atoms with Crippen molar-refractivity contribution in [3.05, 3.63) is 64.7 Å². The Hall–Kier alpha value is -2.18. The van der Waals surface area contributed by atoms with Gasteiger partial charge in [-0.1, -0.05) is 23.8 Å². The Morgan fingerprint density at radius 2 is 1.67 bits per heavy atom. The molecule has 5 nitrogen and oxygen atoms in total. The average molecular weight is 387 g/mol. The number of aryl methyl sites for hydroxylation is 2. The number of benzene rings is 2. The van der Waals surface area contributed by atoms with Crippen molar-refractivity contribution in [3.63, 3.8) is 0 Å². The molecule has 0 spiro atoms. The number of nitrogens with zero attached hydrogens (tertiary/aromatic N) is 1. The van der Waals surface area contributed by atoms with Gasteiger partial charge in [0.05, 0.1) is 10.9 Å². The van der Waals surface area contributed by atoms with Crippen molar-refractivity contribution < 1.29 is 13.2 Å². The number of nitrogens with one attached hydrogen (secondary N) is 1. The normalized spacial score (nSPS) is 16.3. The van der Waals surface area contributed by atoms with Gasteiger partial charge in [0.1, 0.15) is 0 Å². The molecule has 0 saturated carbocycles. The highest BCUT2D eigenvalue weighted by molar-refractivity contribution is 7.89. The fraction of sp³-hybridized carbons (Fsp3) is 0.381. The first kappa shape index (κ1) is 19.6. The lowest BCUT2D eigenvalue weighted by Crippen LogP contribution is -2.28. The second-order valence-corrected chi connectivity index (χ2v) is 9.13. The Bertz CT molecular complexity index is 930. The average Bonchev–Trinajstić information content (AvgIpc) is 3.17. The Balaban J connectivity index is 1.72. The zero-order chi connectivity index (χ0) is 19.6. The molecule has 0 radical (unpaired) electrons. The SMILES string of the molecule is Cc1ccc([C@@H](C)NC(=O)c2ccc(S(=O)(=O)N3CCCC3)cc2)c(C)c1. The molecule has 2 aromatic rings. The van der Waals surface area contributed by atoms with E-state index in [1.54, 1.807) is 12.1 Å². The second kappa shape index (κ2) is 7.82. The third kappa shape index (κ3) is 4.22. The quantitative estimate of drug-likeness (QED) is 0.854. The maximum absolute atomic E-state index is 12.6. The Morgan fingerprint density at radius 1 is 1.04 bits per heavy atom. The van der Waals surface area contributed by atoms with Gasteiger partial charge >= 0.3 is 0 Å². The van der Waals surface area contributed by atoms with Gasteiger partial charge in [0, 0.05) is 18.7 Å². The molecule has 1 N–H and O–H groups in total. The van der Waals surface area contributed by atoms with Crippen molar-refractivity contribution >= 4 is 15.9 Å². The van der Waals surface area contributed by atoms with E-state index in [0.717, 1.165) is 24.0 Å². The summed E-state index contributed by atoms with van der Waals surface area (Å²) in [5, 5.41) is 2.99. The maximum Gasteiger partial charge on any atom is 0.251 e. The van der Waals surface area contributed by atoms with Crippen LogP contribution in [-0.4, -0.2) is 31.7 Å². The summed E-state index contributed by atoms with van der Waals surface area (Å²) >= 11 is 0. The zero-order valence-corrected chi connectivity index (χ0v) is 16.8. The highest BCUT2D eigenvalue weighted by Crippen LogP contribution is 2.22. The molecule has 0 aromatic heterocycles. The van der Waals surface area contributed by atoms with Crippen LogP contribution in [0.2, 0.25) is 0 Å². The van der Waals surface area contributed by atoms with Crippen LogP contribution in [0.1, 0.15) is 52.9 Å². The first-order valence-electron chi connectivity index (χ1n) is 9.27. The van der Waals surface area contributed by atoms with E-state index < -0.39 is 10.0 Å². The van der Waals surface area contributed by atoms with Crippen LogP contribution in [0.3, 0.4) is 0 Å². The first-order chi connectivity index (χ1) is 12.8. The molecule has 1 fully saturated rings. The molecular weight excluding hydrogens is 360 g/mol. The largest absolute Gasteiger partial charge is 0.346 e. The lowest BCUT2D eigenvalue weighted by atomic mass is 10.00. The molecule has 144 valence electrons. The smallest absolute Gasteiger partial charge is 0.251 e. The van der Waals surface area contributed by atoms with Gasteiger partial charge in [-0.15, -0.1) is 0 Å². The second-order valence-electron chi connectivity index (χ2n) is 7.19. The minimum atomic E-state index is -3.46. The predicted octanol–water partition coefficient (Wildman–Crippen LogP) is 3.58. The van der Waals surface area contributed by atoms with Gasteiger partial charge in [0.25, 0.3) is 5.91 Å². The topological polar surface area (TPSA) is 66.5 Å². The first-order valence-corrected chi connectivity index (χ1v) is 10.7. The van der Waals surface area contributed by atoms with Gasteiger partial charge in [0.2, 0.25) is 10.0 Å². The number of carbonyl (C=O) groups is 1. The highest BCUT2D eigenvalue weighted by Gasteiger charge is 2.27. The minimum absolute atomic E-state index is 0.133. The Labute approximate surface area is 161 Å². The van der Waals surface area contributed by atoms with E-state index >= 15 is 0 Å². The molecule has 0 unspecified atom stereocenters. The van der Waals surface area contributed by atoms with Crippen molar-refractivity contribution in [2.75, 3.05) is 13.1 Å². The molecule has 3 rings (SSSR count). The number of hydrogen-bond acceptors (Lipinski definition) is 3. The standard InChI is InChI=1S/C21H26N2O3S/c1-15-6-11-20(16(2)14-15)17(3)22-21(24)18-7-9-19(10-8-18)27(25,26)23-12-4-5-13-23/h6-11,14,17H,4-5,12-13H2,1-3H3,(H,22,24)/t17-/m1/s1. The molecule has 1 atom stereocenters. The van der Waals surface area contributed by atoms with Crippen LogP contribution in [0, 0.1) is 13.8 Å². The molecule has 1 aliphatic rings. The summed E-state index contributed by atoms with van der Waals surface area (Å²) in [7, 11) is -3.46. The number of sulfonamides is 1. The molecule has 1 amide bonds. The van der Waals surface area contributed by atoms with E-state index in [2.05, 4.69) is 11.4 Å². The highest BCUT2D eigenvalue weighted by atomic mass is 32.2. The van der Waals surface area contributed by atoms with Crippen LogP contribution in [0.25, 0.3) is 0 Å². The van der Waals surface area contributed by atoms with Gasteiger partial charge < -0.3 is 5.32 Å². The summed E-state index contributed by atoms with van der Waals surface area (Å²) in [5.41, 5.74) is 3.84. The van der Waals surface area contributed by atoms with Gasteiger partial charge in [0.15, 0.2) is 0 Å². The summed E-state index contributed by atoms with van der Waals surface area (Å²) in [6.45, 7) is 7.15. The summed E-state index contributed by atoms with van der Waals surface area (Å²) in [6, 6.07) is 12.2. The molecule has 2 aromatic carbocycles. The third-order valence-corrected chi connectivity index (χ3v) is 6.97. The van der Waals surface area contributed by atoms with Crippen molar-refractivity contribution in [1.29, 1.82) is 0 Å². The van der Waals surface area contributed by atoms with Crippen LogP contribution >= 0.6 is 0 Å². The van der Waals surface area contributed by atoms with Crippen molar-refractivity contribution in [1.82, 2.24) is 9.62 Å². The fourth-order valence-corrected chi connectivity index (χ4v) is 5.04. The van der Waals surface area contributed by atoms with Crippen LogP contribution in [0.5, 0.6) is 0 Å². The molecular formula is C21H26N2O3S. The van der Waals surface area contributed by atoms with E-state index in [-0.39, 0.29) is 16.8 Å². The number of rotatable bonds is 5. The number of amides is 1. The van der Waals surface area contributed by atoms with Crippen molar-refractivity contribution in [2.24, 2.45) is 0 Å². The lowest BCUT2D eigenvalue weighted by molar-refractivity contribution is 0.0939. The van der Waals surface area contributed by atoms with Gasteiger partial charge in [-0.25, -0.2) is 8.42 Å². The third-order valence-electron chi connectivity index (χ3n) is 5.06. The van der Waals surface area contributed by atoms with Gasteiger partial charge in [-0.05, 0) is 69.0 Å². The summed E-state index contributed by atoms with van der Waals surface area (Å²) in [4.78, 5) is 12.8. The maximum atomic E-state index is 12.6. The van der Waals surface area contributed by atoms with E-state index in [0.29, 0.717) is 18.7 Å². The Kier molecular flexibility index (Phi) is 5.67. The van der Waals surface area contributed by atoms with E-state index in [4.69, 9.17) is 0 Å². The molecule has 1 aliphatic heterocycles. The number of carbonyl (C=O) groups excluding carboxylic acids is 1. The lowest BCUT2D eigenvalue weighted by Gasteiger charge is -2.18. The van der Waals surface area contributed by atoms with Crippen LogP contribution in [-0.2, 0) is 10.0 Å². The van der Waals surface area contributed by atoms with Gasteiger partial charge in [-0.3, -0.25) is 4.79 Å². The molecule has 1 saturated heterocycles. The van der Waals surface area contributed by atoms with E-state index in [1.165, 1.54) is 22.0 Å². The predicted molar refractivity (Wildman–Crippen MR) is 106 cm³/mol. The number of hydrogen-bond donors (Lipinski definition) is 1. The summed E-state index contributed by atoms with van der Waals surface area (Å²) in [5.74, 6) is -0.215. The van der Waals surface area contributed by atoms with E-state index in [9.17, 15) is 13.2 Å². The molecule has 27 heavy (non-hydrogen) atoms. The molecule has 0 bridgehead atoms. The van der Waals surface area contributed by atoms with E-state index in [1.807, 2.05) is 32.9 Å². The monoisotopic (exact) mass is 386 g/mol.